The fraction of sp³-hybridized carbons (Fsp3) is 0.500. The zero-order chi connectivity index (χ0) is 47.0. The van der Waals surface area contributed by atoms with Gasteiger partial charge in [0.25, 0.3) is 5.91 Å². The molecular formula is C48H63ClN8O8. The van der Waals surface area contributed by atoms with E-state index in [0.29, 0.717) is 43.5 Å². The van der Waals surface area contributed by atoms with Crippen molar-refractivity contribution >= 4 is 52.2 Å². The van der Waals surface area contributed by atoms with E-state index in [2.05, 4.69) is 64.9 Å². The van der Waals surface area contributed by atoms with Crippen LogP contribution in [-0.4, -0.2) is 119 Å². The molecular weight excluding hydrogens is 852 g/mol. The molecule has 1 fully saturated rings. The Bertz CT molecular complexity index is 2380. The topological polar surface area (TPSA) is 196 Å². The first-order valence-electron chi connectivity index (χ1n) is 22.3. The Hall–Kier alpha value is -5.71. The number of cyclic esters (lactones) is 1. The number of urea groups is 1. The minimum Gasteiger partial charge on any atom is -0.508 e. The van der Waals surface area contributed by atoms with E-state index >= 15 is 0 Å². The minimum atomic E-state index is -1.18. The smallest absolute Gasteiger partial charge is 0.324 e. The Kier molecular flexibility index (Phi) is 16.1. The first-order valence-corrected chi connectivity index (χ1v) is 22.9. The van der Waals surface area contributed by atoms with Crippen molar-refractivity contribution < 1.29 is 38.6 Å². The second-order valence-corrected chi connectivity index (χ2v) is 18.3. The normalized spacial score (nSPS) is 18.1. The maximum Gasteiger partial charge on any atom is 0.324 e. The number of likely N-dealkylation sites (N-methyl/N-ethyl adjacent to an activating group) is 1. The van der Waals surface area contributed by atoms with Crippen LogP contribution >= 0.6 is 11.6 Å². The standard InChI is InChI=1S/C48H63ClN8O8/c1-8-56-40-14-13-31-25-35(40)36(43(56)34-11-9-17-50-39(34)27-64-7)26-48(4,5)28-65-46(62)37-12-10-20-57(54-37)45(61)38(23-30-21-32(31)24-33(58)22-30)53-44(60)42(29(2)3)55(6)41(59)15-18-51-47(63)52-19-16-49/h9,11,13-14,17,21-22,24-25,29,37-38,42,54,58H,8,10,12,15-16,18-20,23,26-28H2,1-7H3,(H,53,60)(H2,51,52,63)/t37-,38-,42-/m0/s1. The number of ether oxygens (including phenoxy) is 2. The van der Waals surface area contributed by atoms with Crippen LogP contribution in [0.5, 0.6) is 5.75 Å². The van der Waals surface area contributed by atoms with Gasteiger partial charge in [-0.05, 0) is 90.8 Å². The highest BCUT2D eigenvalue weighted by atomic mass is 35.5. The minimum absolute atomic E-state index is 0.0217. The number of aromatic nitrogens is 2. The molecule has 3 atom stereocenters. The number of hydrogen-bond donors (Lipinski definition) is 5. The van der Waals surface area contributed by atoms with Crippen LogP contribution < -0.4 is 21.4 Å². The highest BCUT2D eigenvalue weighted by Gasteiger charge is 2.38. The van der Waals surface area contributed by atoms with E-state index in [9.17, 15) is 29.1 Å². The number of aromatic hydroxyl groups is 1. The van der Waals surface area contributed by atoms with Crippen LogP contribution in [0.4, 0.5) is 4.79 Å². The zero-order valence-electron chi connectivity index (χ0n) is 38.5. The number of phenols is 1. The lowest BCUT2D eigenvalue weighted by molar-refractivity contribution is -0.155. The number of hydrogen-bond acceptors (Lipinski definition) is 10. The largest absolute Gasteiger partial charge is 0.508 e. The van der Waals surface area contributed by atoms with Gasteiger partial charge >= 0.3 is 12.0 Å². The van der Waals surface area contributed by atoms with E-state index in [1.807, 2.05) is 18.2 Å². The van der Waals surface area contributed by atoms with Gasteiger partial charge in [-0.25, -0.2) is 10.2 Å². The Morgan fingerprint density at radius 2 is 1.86 bits per heavy atom. The lowest BCUT2D eigenvalue weighted by atomic mass is 9.84. The number of methoxy groups -OCH3 is 1. The predicted molar refractivity (Wildman–Crippen MR) is 249 cm³/mol. The molecule has 5 N–H and O–H groups in total. The van der Waals surface area contributed by atoms with Crippen LogP contribution in [0.3, 0.4) is 0 Å². The molecule has 65 heavy (non-hydrogen) atoms. The number of alkyl halides is 1. The van der Waals surface area contributed by atoms with E-state index < -0.39 is 47.4 Å². The average molecular weight is 916 g/mol. The Morgan fingerprint density at radius 3 is 2.58 bits per heavy atom. The Morgan fingerprint density at radius 1 is 1.09 bits per heavy atom. The van der Waals surface area contributed by atoms with Crippen molar-refractivity contribution in [2.45, 2.75) is 98.0 Å². The van der Waals surface area contributed by atoms with Crippen LogP contribution in [-0.2, 0) is 54.6 Å². The number of carbonyl (C=O) groups is 5. The van der Waals surface area contributed by atoms with Gasteiger partial charge in [-0.15, -0.1) is 11.6 Å². The number of carbonyl (C=O) groups excluding carboxylic acids is 5. The number of aryl methyl sites for hydroxylation is 1. The summed E-state index contributed by atoms with van der Waals surface area (Å²) in [6.45, 7) is 11.5. The van der Waals surface area contributed by atoms with Crippen molar-refractivity contribution in [1.82, 2.24) is 40.8 Å². The SMILES string of the molecule is CCn1c(-c2cccnc2COC)c2c3cc(ccc31)-c1cc(O)cc(c1)C[C@H](NC(=O)[C@H](C(C)C)N(C)C(=O)CCNC(=O)NCCCl)C(=O)N1CCC[C@H](N1)C(=O)OCC(C)(C)C2. The van der Waals surface area contributed by atoms with Gasteiger partial charge in [0.15, 0.2) is 0 Å². The molecule has 17 heteroatoms. The van der Waals surface area contributed by atoms with Gasteiger partial charge in [-0.3, -0.25) is 29.2 Å². The average Bonchev–Trinajstić information content (AvgIpc) is 3.57. The molecule has 2 aliphatic heterocycles. The summed E-state index contributed by atoms with van der Waals surface area (Å²) in [5.41, 5.74) is 9.45. The first-order chi connectivity index (χ1) is 31.0. The molecule has 2 aromatic heterocycles. The van der Waals surface area contributed by atoms with E-state index in [4.69, 9.17) is 26.1 Å². The van der Waals surface area contributed by atoms with Gasteiger partial charge in [0.2, 0.25) is 11.8 Å². The lowest BCUT2D eigenvalue weighted by Crippen LogP contribution is -2.62. The molecule has 5 amide bonds. The van der Waals surface area contributed by atoms with Crippen LogP contribution in [0.15, 0.2) is 54.7 Å². The van der Waals surface area contributed by atoms with E-state index in [0.717, 1.165) is 39.0 Å². The molecule has 2 aromatic carbocycles. The van der Waals surface area contributed by atoms with Crippen molar-refractivity contribution in [3.8, 4) is 28.1 Å². The van der Waals surface area contributed by atoms with E-state index in [1.165, 1.54) is 17.0 Å². The zero-order valence-corrected chi connectivity index (χ0v) is 39.2. The monoisotopic (exact) mass is 914 g/mol. The molecule has 0 saturated carbocycles. The maximum absolute atomic E-state index is 14.6. The number of fused-ring (bicyclic) bond motifs is 6. The summed E-state index contributed by atoms with van der Waals surface area (Å²) in [5, 5.41) is 21.8. The van der Waals surface area contributed by atoms with Crippen molar-refractivity contribution in [3.63, 3.8) is 0 Å². The van der Waals surface area contributed by atoms with Gasteiger partial charge in [0, 0.05) is 87.1 Å². The second kappa shape index (κ2) is 21.5. The summed E-state index contributed by atoms with van der Waals surface area (Å²) < 4.78 is 13.9. The fourth-order valence-electron chi connectivity index (χ4n) is 8.94. The number of nitrogens with one attached hydrogen (secondary N) is 4. The molecule has 0 radical (unpaired) electrons. The number of hydrazine groups is 1. The van der Waals surface area contributed by atoms with Crippen LogP contribution in [0.25, 0.3) is 33.3 Å². The number of esters is 1. The number of rotatable bonds is 13. The first kappa shape index (κ1) is 48.7. The van der Waals surface area contributed by atoms with E-state index in [1.54, 1.807) is 39.3 Å². The fourth-order valence-corrected chi connectivity index (χ4v) is 9.03. The Labute approximate surface area is 385 Å². The molecule has 4 heterocycles. The highest BCUT2D eigenvalue weighted by Crippen LogP contribution is 2.41. The molecule has 350 valence electrons. The van der Waals surface area contributed by atoms with Gasteiger partial charge in [0.05, 0.1) is 24.6 Å². The molecule has 6 rings (SSSR count). The number of benzene rings is 2. The molecule has 0 aliphatic carbocycles. The van der Waals surface area contributed by atoms with Crippen molar-refractivity contribution in [2.75, 3.05) is 46.3 Å². The van der Waals surface area contributed by atoms with Crippen molar-refractivity contribution in [3.05, 3.63) is 71.5 Å². The molecule has 0 spiro atoms. The third-order valence-electron chi connectivity index (χ3n) is 12.0. The van der Waals surface area contributed by atoms with Crippen LogP contribution in [0, 0.1) is 11.3 Å². The summed E-state index contributed by atoms with van der Waals surface area (Å²) in [6.07, 6.45) is 3.14. The quantitative estimate of drug-likeness (QED) is 0.0868. The van der Waals surface area contributed by atoms with Crippen molar-refractivity contribution in [1.29, 1.82) is 0 Å². The lowest BCUT2D eigenvalue weighted by Gasteiger charge is -2.36. The molecule has 16 nitrogen and oxygen atoms in total. The van der Waals surface area contributed by atoms with Gasteiger partial charge < -0.3 is 40.0 Å². The van der Waals surface area contributed by atoms with Crippen LogP contribution in [0.1, 0.15) is 70.7 Å². The summed E-state index contributed by atoms with van der Waals surface area (Å²) in [7, 11) is 3.17. The summed E-state index contributed by atoms with van der Waals surface area (Å²) >= 11 is 5.65. The third kappa shape index (κ3) is 11.6. The van der Waals surface area contributed by atoms with Crippen LogP contribution in [0.2, 0.25) is 0 Å². The molecule has 0 unspecified atom stereocenters. The molecule has 2 aliphatic rings. The van der Waals surface area contributed by atoms with Gasteiger partial charge in [-0.2, -0.15) is 0 Å². The third-order valence-corrected chi connectivity index (χ3v) is 12.2. The summed E-state index contributed by atoms with van der Waals surface area (Å²) in [5.74, 6) is -2.07. The highest BCUT2D eigenvalue weighted by molar-refractivity contribution is 6.18. The van der Waals surface area contributed by atoms with E-state index in [-0.39, 0.29) is 62.5 Å². The maximum atomic E-state index is 14.6. The summed E-state index contributed by atoms with van der Waals surface area (Å²) in [4.78, 5) is 74.3. The molecule has 1 saturated heterocycles. The number of nitrogens with zero attached hydrogens (tertiary/aromatic N) is 4. The van der Waals surface area contributed by atoms with Gasteiger partial charge in [0.1, 0.15) is 23.9 Å². The molecule has 6 bridgehead atoms. The number of halogens is 1. The molecule has 4 aromatic rings. The predicted octanol–water partition coefficient (Wildman–Crippen LogP) is 5.30. The Balaban J connectivity index is 1.41. The number of amides is 5. The summed E-state index contributed by atoms with van der Waals surface area (Å²) in [6, 6.07) is 11.9. The number of pyridine rings is 1. The second-order valence-electron chi connectivity index (χ2n) is 18.0. The number of phenolic OH excluding ortho intramolecular Hbond substituents is 1. The van der Waals surface area contributed by atoms with Gasteiger partial charge in [-0.1, -0.05) is 39.8 Å². The van der Waals surface area contributed by atoms with Crippen molar-refractivity contribution in [2.24, 2.45) is 11.3 Å².